The lowest BCUT2D eigenvalue weighted by atomic mass is 10.1. The van der Waals surface area contributed by atoms with Crippen molar-refractivity contribution in [3.63, 3.8) is 0 Å². The Balaban J connectivity index is 2.19. The highest BCUT2D eigenvalue weighted by Crippen LogP contribution is 2.38. The Kier molecular flexibility index (Phi) is 3.46. The number of nitrogens with zero attached hydrogens (tertiary/aromatic N) is 1. The van der Waals surface area contributed by atoms with Gasteiger partial charge in [-0.15, -0.1) is 0 Å². The number of hydrogen-bond acceptors (Lipinski definition) is 4. The Labute approximate surface area is 128 Å². The summed E-state index contributed by atoms with van der Waals surface area (Å²) >= 11 is 0. The van der Waals surface area contributed by atoms with Gasteiger partial charge in [0.25, 0.3) is 10.0 Å². The van der Waals surface area contributed by atoms with E-state index in [2.05, 4.69) is 6.58 Å². The van der Waals surface area contributed by atoms with Crippen molar-refractivity contribution in [3.8, 4) is 0 Å². The predicted molar refractivity (Wildman–Crippen MR) is 82.0 cm³/mol. The molecule has 5 nitrogen and oxygen atoms in total. The number of fused-ring (bicyclic) bond motifs is 1. The van der Waals surface area contributed by atoms with E-state index in [0.29, 0.717) is 9.87 Å². The summed E-state index contributed by atoms with van der Waals surface area (Å²) in [5, 5.41) is 0. The maximum atomic E-state index is 12.8. The van der Waals surface area contributed by atoms with Crippen molar-refractivity contribution in [2.24, 2.45) is 0 Å². The lowest BCUT2D eigenvalue weighted by Gasteiger charge is -2.31. The van der Waals surface area contributed by atoms with Gasteiger partial charge in [-0.3, -0.25) is 0 Å². The zero-order valence-electron chi connectivity index (χ0n) is 11.5. The summed E-state index contributed by atoms with van der Waals surface area (Å²) < 4.78 is 31.4. The molecule has 0 spiro atoms. The van der Waals surface area contributed by atoms with E-state index < -0.39 is 22.2 Å². The van der Waals surface area contributed by atoms with Gasteiger partial charge in [0.15, 0.2) is 0 Å². The molecule has 22 heavy (non-hydrogen) atoms. The standard InChI is InChI=1S/C16H13NO4S/c1-2-15-13-10-6-7-11-14(13)17(16(18)21-15)22(19,20)12-8-4-3-5-9-12/h2-11,15H,1H2. The third kappa shape index (κ3) is 2.17. The number of para-hydroxylation sites is 1. The number of hydrogen-bond donors (Lipinski definition) is 0. The SMILES string of the molecule is C=CC1OC(=O)N(S(=O)(=O)c2ccccc2)c2ccccc21. The third-order valence-electron chi connectivity index (χ3n) is 3.35. The molecule has 0 N–H and O–H groups in total. The molecule has 1 unspecified atom stereocenters. The summed E-state index contributed by atoms with van der Waals surface area (Å²) in [6.07, 6.45) is -0.137. The van der Waals surface area contributed by atoms with Crippen LogP contribution in [0.2, 0.25) is 0 Å². The van der Waals surface area contributed by atoms with Gasteiger partial charge < -0.3 is 4.74 Å². The molecule has 0 saturated carbocycles. The summed E-state index contributed by atoms with van der Waals surface area (Å²) in [6, 6.07) is 14.5. The Morgan fingerprint density at radius 3 is 2.36 bits per heavy atom. The highest BCUT2D eigenvalue weighted by molar-refractivity contribution is 7.93. The van der Waals surface area contributed by atoms with Crippen molar-refractivity contribution in [3.05, 3.63) is 72.8 Å². The molecule has 1 amide bonds. The zero-order valence-corrected chi connectivity index (χ0v) is 12.4. The number of sulfonamides is 1. The second-order valence-electron chi connectivity index (χ2n) is 4.68. The van der Waals surface area contributed by atoms with Gasteiger partial charge in [0, 0.05) is 5.56 Å². The fourth-order valence-electron chi connectivity index (χ4n) is 2.33. The number of carbonyl (C=O) groups excluding carboxylic acids is 1. The molecular weight excluding hydrogens is 302 g/mol. The van der Waals surface area contributed by atoms with E-state index in [9.17, 15) is 13.2 Å². The van der Waals surface area contributed by atoms with Crippen molar-refractivity contribution in [1.29, 1.82) is 0 Å². The average molecular weight is 315 g/mol. The van der Waals surface area contributed by atoms with E-state index in [1.165, 1.54) is 18.2 Å². The molecule has 0 radical (unpaired) electrons. The molecule has 0 bridgehead atoms. The highest BCUT2D eigenvalue weighted by atomic mass is 32.2. The first-order valence-corrected chi connectivity index (χ1v) is 8.02. The van der Waals surface area contributed by atoms with Crippen LogP contribution in [0.1, 0.15) is 11.7 Å². The van der Waals surface area contributed by atoms with E-state index >= 15 is 0 Å². The van der Waals surface area contributed by atoms with Crippen LogP contribution in [0.4, 0.5) is 10.5 Å². The molecule has 112 valence electrons. The van der Waals surface area contributed by atoms with Crippen LogP contribution in [0.3, 0.4) is 0 Å². The van der Waals surface area contributed by atoms with E-state index in [4.69, 9.17) is 4.74 Å². The largest absolute Gasteiger partial charge is 0.436 e. The monoisotopic (exact) mass is 315 g/mol. The Morgan fingerprint density at radius 1 is 1.05 bits per heavy atom. The lowest BCUT2D eigenvalue weighted by Crippen LogP contribution is -2.41. The van der Waals surface area contributed by atoms with Gasteiger partial charge in [-0.1, -0.05) is 43.0 Å². The number of cyclic esters (lactones) is 1. The molecule has 2 aromatic carbocycles. The summed E-state index contributed by atoms with van der Waals surface area (Å²) in [5.74, 6) is 0. The molecule has 0 fully saturated rings. The van der Waals surface area contributed by atoms with Crippen molar-refractivity contribution in [2.45, 2.75) is 11.0 Å². The molecule has 6 heteroatoms. The Hall–Kier alpha value is -2.60. The smallest absolute Gasteiger partial charge is 0.429 e. The Bertz CT molecular complexity index is 830. The van der Waals surface area contributed by atoms with Crippen LogP contribution >= 0.6 is 0 Å². The van der Waals surface area contributed by atoms with Gasteiger partial charge in [-0.05, 0) is 24.3 Å². The minimum absolute atomic E-state index is 0.0267. The van der Waals surface area contributed by atoms with E-state index in [1.807, 2.05) is 0 Å². The molecule has 1 heterocycles. The van der Waals surface area contributed by atoms with Crippen LogP contribution in [-0.4, -0.2) is 14.5 Å². The fourth-order valence-corrected chi connectivity index (χ4v) is 3.71. The molecule has 2 aromatic rings. The van der Waals surface area contributed by atoms with E-state index in [0.717, 1.165) is 0 Å². The highest BCUT2D eigenvalue weighted by Gasteiger charge is 2.39. The van der Waals surface area contributed by atoms with E-state index in [-0.39, 0.29) is 10.6 Å². The fraction of sp³-hybridized carbons (Fsp3) is 0.0625. The molecule has 3 rings (SSSR count). The average Bonchev–Trinajstić information content (AvgIpc) is 2.54. The summed E-state index contributed by atoms with van der Waals surface area (Å²) in [4.78, 5) is 12.2. The topological polar surface area (TPSA) is 63.7 Å². The van der Waals surface area contributed by atoms with E-state index in [1.54, 1.807) is 42.5 Å². The van der Waals surface area contributed by atoms with Gasteiger partial charge in [-0.25, -0.2) is 13.2 Å². The molecule has 0 aromatic heterocycles. The van der Waals surface area contributed by atoms with Crippen molar-refractivity contribution < 1.29 is 17.9 Å². The number of benzene rings is 2. The van der Waals surface area contributed by atoms with Crippen LogP contribution in [0.5, 0.6) is 0 Å². The number of amides is 1. The van der Waals surface area contributed by atoms with Crippen LogP contribution in [-0.2, 0) is 14.8 Å². The number of rotatable bonds is 3. The van der Waals surface area contributed by atoms with Gasteiger partial charge >= 0.3 is 6.09 Å². The molecular formula is C16H13NO4S. The van der Waals surface area contributed by atoms with Crippen molar-refractivity contribution in [2.75, 3.05) is 4.31 Å². The quantitative estimate of drug-likeness (QED) is 0.816. The molecule has 0 aliphatic carbocycles. The first-order chi connectivity index (χ1) is 10.6. The normalized spacial score (nSPS) is 17.5. The molecule has 1 atom stereocenters. The first-order valence-electron chi connectivity index (χ1n) is 6.58. The zero-order chi connectivity index (χ0) is 15.7. The number of ether oxygens (including phenoxy) is 1. The van der Waals surface area contributed by atoms with Crippen molar-refractivity contribution in [1.82, 2.24) is 0 Å². The van der Waals surface area contributed by atoms with Crippen LogP contribution in [0, 0.1) is 0 Å². The second-order valence-corrected chi connectivity index (χ2v) is 6.47. The van der Waals surface area contributed by atoms with Crippen molar-refractivity contribution >= 4 is 21.8 Å². The summed E-state index contributed by atoms with van der Waals surface area (Å²) in [7, 11) is -4.03. The predicted octanol–water partition coefficient (Wildman–Crippen LogP) is 3.26. The maximum Gasteiger partial charge on any atom is 0.429 e. The van der Waals surface area contributed by atoms with Gasteiger partial charge in [0.05, 0.1) is 10.6 Å². The lowest BCUT2D eigenvalue weighted by molar-refractivity contribution is 0.126. The molecule has 1 aliphatic rings. The Morgan fingerprint density at radius 2 is 1.68 bits per heavy atom. The number of anilines is 1. The summed E-state index contributed by atoms with van der Waals surface area (Å²) in [6.45, 7) is 3.62. The summed E-state index contributed by atoms with van der Waals surface area (Å²) in [5.41, 5.74) is 0.865. The maximum absolute atomic E-state index is 12.8. The van der Waals surface area contributed by atoms with Gasteiger partial charge in [-0.2, -0.15) is 4.31 Å². The molecule has 0 saturated heterocycles. The van der Waals surface area contributed by atoms with Crippen LogP contribution in [0.25, 0.3) is 0 Å². The van der Waals surface area contributed by atoms with Gasteiger partial charge in [0.2, 0.25) is 0 Å². The third-order valence-corrected chi connectivity index (χ3v) is 5.05. The first kappa shape index (κ1) is 14.3. The number of carbonyl (C=O) groups is 1. The minimum atomic E-state index is -4.03. The van der Waals surface area contributed by atoms with Crippen LogP contribution in [0.15, 0.2) is 72.1 Å². The second kappa shape index (κ2) is 5.31. The van der Waals surface area contributed by atoms with Gasteiger partial charge in [0.1, 0.15) is 6.10 Å². The minimum Gasteiger partial charge on any atom is -0.436 e. The molecule has 1 aliphatic heterocycles. The van der Waals surface area contributed by atoms with Crippen LogP contribution < -0.4 is 4.31 Å².